The van der Waals surface area contributed by atoms with E-state index in [4.69, 9.17) is 0 Å². The van der Waals surface area contributed by atoms with Gasteiger partial charge >= 0.3 is 0 Å². The number of nitrogens with one attached hydrogen (secondary N) is 2. The standard InChI is InChI=1S/C14H23N5O3/c1-3-12(20)5-6-13(21)16-9-11-10-19(18-17-11)8-7-14(22)15-4-2/h10H,3-9H2,1-2H3,(H,15,22)(H,16,21). The lowest BCUT2D eigenvalue weighted by Crippen LogP contribution is -2.24. The summed E-state index contributed by atoms with van der Waals surface area (Å²) in [5.41, 5.74) is 0.617. The number of hydrogen-bond donors (Lipinski definition) is 2. The Bertz CT molecular complexity index is 512. The van der Waals surface area contributed by atoms with Gasteiger partial charge in [-0.15, -0.1) is 5.10 Å². The van der Waals surface area contributed by atoms with Gasteiger partial charge in [0, 0.05) is 32.2 Å². The molecule has 0 bridgehead atoms. The summed E-state index contributed by atoms with van der Waals surface area (Å²) in [6, 6.07) is 0. The fraction of sp³-hybridized carbons (Fsp3) is 0.643. The minimum Gasteiger partial charge on any atom is -0.356 e. The number of aromatic nitrogens is 3. The Morgan fingerprint density at radius 3 is 2.50 bits per heavy atom. The Balaban J connectivity index is 2.28. The number of aryl methyl sites for hydroxylation is 1. The summed E-state index contributed by atoms with van der Waals surface area (Å²) in [6.45, 7) is 4.95. The van der Waals surface area contributed by atoms with Crippen LogP contribution in [0.15, 0.2) is 6.20 Å². The fourth-order valence-electron chi connectivity index (χ4n) is 1.74. The quantitative estimate of drug-likeness (QED) is 0.641. The molecule has 2 N–H and O–H groups in total. The van der Waals surface area contributed by atoms with Crippen molar-refractivity contribution in [2.75, 3.05) is 6.54 Å². The average molecular weight is 309 g/mol. The normalized spacial score (nSPS) is 10.3. The molecule has 8 nitrogen and oxygen atoms in total. The van der Waals surface area contributed by atoms with Gasteiger partial charge in [-0.1, -0.05) is 12.1 Å². The van der Waals surface area contributed by atoms with E-state index in [1.807, 2.05) is 6.92 Å². The molecule has 0 aromatic carbocycles. The number of carbonyl (C=O) groups excluding carboxylic acids is 3. The molecule has 0 atom stereocenters. The van der Waals surface area contributed by atoms with E-state index in [0.717, 1.165) is 0 Å². The molecule has 0 spiro atoms. The smallest absolute Gasteiger partial charge is 0.221 e. The lowest BCUT2D eigenvalue weighted by molar-refractivity contribution is -0.125. The topological polar surface area (TPSA) is 106 Å². The van der Waals surface area contributed by atoms with Crippen LogP contribution in [0.5, 0.6) is 0 Å². The summed E-state index contributed by atoms with van der Waals surface area (Å²) < 4.78 is 1.57. The third kappa shape index (κ3) is 6.96. The number of Topliss-reactive ketones (excluding diaryl/α,β-unsaturated/α-hetero) is 1. The highest BCUT2D eigenvalue weighted by Crippen LogP contribution is 1.97. The van der Waals surface area contributed by atoms with Gasteiger partial charge in [0.05, 0.1) is 19.3 Å². The van der Waals surface area contributed by atoms with Gasteiger partial charge in [-0.2, -0.15) is 0 Å². The van der Waals surface area contributed by atoms with Crippen LogP contribution in [0.3, 0.4) is 0 Å². The molecule has 1 aromatic rings. The summed E-state index contributed by atoms with van der Waals surface area (Å²) in [5.74, 6) is -0.140. The van der Waals surface area contributed by atoms with Gasteiger partial charge in [0.2, 0.25) is 11.8 Å². The summed E-state index contributed by atoms with van der Waals surface area (Å²) >= 11 is 0. The molecule has 8 heteroatoms. The van der Waals surface area contributed by atoms with Crippen LogP contribution in [0.25, 0.3) is 0 Å². The van der Waals surface area contributed by atoms with E-state index in [2.05, 4.69) is 20.9 Å². The van der Waals surface area contributed by atoms with Crippen LogP contribution in [0, 0.1) is 0 Å². The van der Waals surface area contributed by atoms with Gasteiger partial charge in [-0.3, -0.25) is 19.1 Å². The first kappa shape index (κ1) is 17.8. The second-order valence-corrected chi connectivity index (χ2v) is 4.85. The molecule has 2 amide bonds. The number of nitrogens with zero attached hydrogens (tertiary/aromatic N) is 3. The molecular formula is C14H23N5O3. The van der Waals surface area contributed by atoms with Gasteiger partial charge in [0.25, 0.3) is 0 Å². The third-order valence-corrected chi connectivity index (χ3v) is 3.02. The molecule has 0 aliphatic rings. The molecule has 1 heterocycles. The Labute approximate surface area is 129 Å². The van der Waals surface area contributed by atoms with E-state index in [-0.39, 0.29) is 37.0 Å². The van der Waals surface area contributed by atoms with Crippen molar-refractivity contribution in [2.45, 2.75) is 52.6 Å². The number of ketones is 1. The third-order valence-electron chi connectivity index (χ3n) is 3.02. The molecule has 22 heavy (non-hydrogen) atoms. The Kier molecular flexibility index (Phi) is 7.80. The molecule has 0 unspecified atom stereocenters. The zero-order valence-electron chi connectivity index (χ0n) is 13.1. The highest BCUT2D eigenvalue weighted by molar-refractivity contribution is 5.84. The lowest BCUT2D eigenvalue weighted by atomic mass is 10.2. The van der Waals surface area contributed by atoms with Gasteiger partial charge in [-0.05, 0) is 6.92 Å². The van der Waals surface area contributed by atoms with E-state index in [1.54, 1.807) is 17.8 Å². The Morgan fingerprint density at radius 2 is 1.82 bits per heavy atom. The first-order valence-corrected chi connectivity index (χ1v) is 7.49. The lowest BCUT2D eigenvalue weighted by Gasteiger charge is -2.02. The number of rotatable bonds is 10. The molecular weight excluding hydrogens is 286 g/mol. The van der Waals surface area contributed by atoms with Crippen LogP contribution >= 0.6 is 0 Å². The average Bonchev–Trinajstić information content (AvgIpc) is 2.96. The van der Waals surface area contributed by atoms with Crippen molar-refractivity contribution < 1.29 is 14.4 Å². The van der Waals surface area contributed by atoms with Crippen LogP contribution in [-0.4, -0.2) is 39.1 Å². The first-order chi connectivity index (χ1) is 10.5. The largest absolute Gasteiger partial charge is 0.356 e. The SMILES string of the molecule is CCNC(=O)CCn1cc(CNC(=O)CCC(=O)CC)nn1. The highest BCUT2D eigenvalue weighted by Gasteiger charge is 2.07. The predicted octanol–water partition coefficient (Wildman–Crippen LogP) is 0.180. The second-order valence-electron chi connectivity index (χ2n) is 4.85. The maximum Gasteiger partial charge on any atom is 0.221 e. The van der Waals surface area contributed by atoms with Crippen molar-refractivity contribution in [1.82, 2.24) is 25.6 Å². The van der Waals surface area contributed by atoms with Crippen molar-refractivity contribution in [3.8, 4) is 0 Å². The maximum absolute atomic E-state index is 11.6. The molecule has 1 aromatic heterocycles. The molecule has 0 aliphatic heterocycles. The minimum atomic E-state index is -0.182. The number of carbonyl (C=O) groups is 3. The first-order valence-electron chi connectivity index (χ1n) is 7.49. The van der Waals surface area contributed by atoms with Gasteiger partial charge < -0.3 is 10.6 Å². The summed E-state index contributed by atoms with van der Waals surface area (Å²) in [4.78, 5) is 34.0. The molecule has 0 fully saturated rings. The van der Waals surface area contributed by atoms with Crippen LogP contribution in [-0.2, 0) is 27.5 Å². The van der Waals surface area contributed by atoms with E-state index in [1.165, 1.54) is 0 Å². The van der Waals surface area contributed by atoms with Gasteiger partial charge in [0.1, 0.15) is 11.5 Å². The van der Waals surface area contributed by atoms with Crippen LogP contribution in [0.2, 0.25) is 0 Å². The summed E-state index contributed by atoms with van der Waals surface area (Å²) in [7, 11) is 0. The monoisotopic (exact) mass is 309 g/mol. The van der Waals surface area contributed by atoms with E-state index < -0.39 is 0 Å². The van der Waals surface area contributed by atoms with Crippen LogP contribution in [0.1, 0.15) is 45.2 Å². The zero-order valence-corrected chi connectivity index (χ0v) is 13.1. The predicted molar refractivity (Wildman–Crippen MR) is 79.7 cm³/mol. The molecule has 0 radical (unpaired) electrons. The van der Waals surface area contributed by atoms with Crippen molar-refractivity contribution in [3.63, 3.8) is 0 Å². The van der Waals surface area contributed by atoms with Crippen LogP contribution < -0.4 is 10.6 Å². The molecule has 0 saturated carbocycles. The van der Waals surface area contributed by atoms with Crippen molar-refractivity contribution in [2.24, 2.45) is 0 Å². The van der Waals surface area contributed by atoms with Crippen molar-refractivity contribution >= 4 is 17.6 Å². The van der Waals surface area contributed by atoms with Crippen molar-refractivity contribution in [1.29, 1.82) is 0 Å². The minimum absolute atomic E-state index is 0.0338. The highest BCUT2D eigenvalue weighted by atomic mass is 16.2. The molecule has 0 saturated heterocycles. The van der Waals surface area contributed by atoms with E-state index in [0.29, 0.717) is 31.6 Å². The number of hydrogen-bond acceptors (Lipinski definition) is 5. The van der Waals surface area contributed by atoms with Crippen LogP contribution in [0.4, 0.5) is 0 Å². The maximum atomic E-state index is 11.6. The molecule has 122 valence electrons. The summed E-state index contributed by atoms with van der Waals surface area (Å²) in [6.07, 6.45) is 2.94. The van der Waals surface area contributed by atoms with Gasteiger partial charge in [-0.25, -0.2) is 0 Å². The van der Waals surface area contributed by atoms with E-state index >= 15 is 0 Å². The van der Waals surface area contributed by atoms with Gasteiger partial charge in [0.15, 0.2) is 0 Å². The second kappa shape index (κ2) is 9.64. The zero-order chi connectivity index (χ0) is 16.4. The number of amides is 2. The molecule has 0 aliphatic carbocycles. The summed E-state index contributed by atoms with van der Waals surface area (Å²) in [5, 5.41) is 13.2. The fourth-order valence-corrected chi connectivity index (χ4v) is 1.74. The molecule has 1 rings (SSSR count). The Morgan fingerprint density at radius 1 is 1.09 bits per heavy atom. The van der Waals surface area contributed by atoms with Crippen molar-refractivity contribution in [3.05, 3.63) is 11.9 Å². The van der Waals surface area contributed by atoms with E-state index in [9.17, 15) is 14.4 Å². The Hall–Kier alpha value is -2.25.